The second-order valence-corrected chi connectivity index (χ2v) is 30.9. The zero-order valence-corrected chi connectivity index (χ0v) is 69.6. The largest absolute Gasteiger partial charge is 0.319 e. The molecule has 0 radical (unpaired) electrons. The molecule has 14 nitrogen and oxygen atoms in total. The number of rotatable bonds is 12. The van der Waals surface area contributed by atoms with Crippen molar-refractivity contribution in [2.75, 3.05) is 39.2 Å². The number of hydrogen-bond donors (Lipinski definition) is 0. The zero-order chi connectivity index (χ0) is 81.4. The van der Waals surface area contributed by atoms with E-state index in [1.165, 1.54) is 102 Å². The van der Waals surface area contributed by atoms with Crippen LogP contribution in [-0.2, 0) is 7.05 Å². The van der Waals surface area contributed by atoms with Crippen LogP contribution in [0.4, 0.5) is 91.5 Å². The highest BCUT2D eigenvalue weighted by molar-refractivity contribution is 5.91. The lowest BCUT2D eigenvalue weighted by molar-refractivity contribution is -0.659. The van der Waals surface area contributed by atoms with Crippen LogP contribution < -0.4 is 43.8 Å². The Bertz CT molecular complexity index is 5280. The molecular weight excluding hydrogens is 1430 g/mol. The number of nitrogens with zero attached hydrogens (tertiary/aromatic N) is 14. The molecule has 0 fully saturated rings. The van der Waals surface area contributed by atoms with Crippen molar-refractivity contribution in [2.24, 2.45) is 7.05 Å². The minimum Gasteiger partial charge on any atom is -0.319 e. The molecule has 8 heterocycles. The van der Waals surface area contributed by atoms with Crippen molar-refractivity contribution in [2.45, 2.75) is 127 Å². The van der Waals surface area contributed by atoms with Gasteiger partial charge in [0.2, 0.25) is 0 Å². The number of benzene rings is 11. The van der Waals surface area contributed by atoms with E-state index >= 15 is 0 Å². The molecule has 0 bridgehead atoms. The van der Waals surface area contributed by atoms with E-state index in [1.807, 2.05) is 42.7 Å². The number of aryl methyl sites for hydroxylation is 6. The van der Waals surface area contributed by atoms with E-state index in [0.29, 0.717) is 11.8 Å². The van der Waals surface area contributed by atoms with Gasteiger partial charge in [0, 0.05) is 81.4 Å². The summed E-state index contributed by atoms with van der Waals surface area (Å²) in [6.07, 6.45) is 12.3. The summed E-state index contributed by atoms with van der Waals surface area (Å²) in [5, 5.41) is 0. The number of aromatic nitrogens is 6. The first-order valence-corrected chi connectivity index (χ1v) is 40.8. The fraction of sp³-hybridized carbons (Fsp3) is 0.194. The minimum absolute atomic E-state index is 0.107. The van der Waals surface area contributed by atoms with Crippen molar-refractivity contribution >= 4 is 91.5 Å². The highest BCUT2D eigenvalue weighted by Gasteiger charge is 2.41. The van der Waals surface area contributed by atoms with E-state index in [9.17, 15) is 0 Å². The number of fused-ring (bicyclic) bond motifs is 4. The van der Waals surface area contributed by atoms with Crippen LogP contribution in [0.5, 0.6) is 0 Å². The normalized spacial score (nSPS) is 15.5. The van der Waals surface area contributed by atoms with Gasteiger partial charge in [0.25, 0.3) is 5.82 Å². The summed E-state index contributed by atoms with van der Waals surface area (Å²) < 4.78 is 4.61. The van der Waals surface area contributed by atoms with E-state index in [2.05, 4.69) is 457 Å². The van der Waals surface area contributed by atoms with Gasteiger partial charge in [0.15, 0.2) is 23.3 Å². The molecule has 4 atom stereocenters. The number of hydrogen-bond acceptors (Lipinski definition) is 12. The summed E-state index contributed by atoms with van der Waals surface area (Å²) in [4.78, 5) is 37.2. The third kappa shape index (κ3) is 15.7. The number of para-hydroxylation sites is 11. The van der Waals surface area contributed by atoms with Crippen LogP contribution in [0.25, 0.3) is 17.1 Å². The molecule has 117 heavy (non-hydrogen) atoms. The Morgan fingerprint density at radius 3 is 0.991 bits per heavy atom. The molecule has 0 spiro atoms. The minimum atomic E-state index is 0.107. The Hall–Kier alpha value is -13.6. The Labute approximate surface area is 691 Å². The maximum atomic E-state index is 4.67. The van der Waals surface area contributed by atoms with Gasteiger partial charge in [-0.1, -0.05) is 222 Å². The number of anilines is 16. The van der Waals surface area contributed by atoms with Gasteiger partial charge < -0.3 is 39.2 Å². The van der Waals surface area contributed by atoms with E-state index in [-0.39, 0.29) is 24.7 Å². The first-order valence-electron chi connectivity index (χ1n) is 40.8. The second-order valence-electron chi connectivity index (χ2n) is 30.9. The van der Waals surface area contributed by atoms with Crippen molar-refractivity contribution < 1.29 is 4.57 Å². The third-order valence-corrected chi connectivity index (χ3v) is 22.6. The standard InChI is InChI=1S/C23H29N2.C21H20N2.2C20H19N3.C19H18N4/c1-16(2)19-12-9-13-20(17(3)4)22(19)25-15-14-24(6)23(25)21-11-8-7-10-18(21)5;1-16-10-6-7-13-19(16)23-17(2)22(18-11-4-3-5-12-18)20-14-8-9-15-21(20)23;1-15-9-6-7-12-18(15)23-16(2)22(17-10-4-3-5-11-17)20-19(23)13-8-14-21-20;1-15-9-6-7-12-18(15)23-16(2)22(17-10-4-3-5-11-17)19-13-8-14-21-20(19)23;1-14-8-6-7-11-17(14)23-15(2)22(16-9-4-3-5-10-16)18-19(23)21-13-12-20-18/h7-17H,1-6H3;3-15,17H,1-2H3;2*3-14,16H,1-2H3;3-13,15H,1-2H3/q+1;;;;/t;17-;2*16-;15-/m.1111/s1. The van der Waals surface area contributed by atoms with Crippen molar-refractivity contribution in [1.29, 1.82) is 0 Å². The second kappa shape index (κ2) is 35.0. The van der Waals surface area contributed by atoms with Crippen LogP contribution in [0, 0.1) is 34.6 Å². The molecule has 0 amide bonds. The highest BCUT2D eigenvalue weighted by Crippen LogP contribution is 2.52. The van der Waals surface area contributed by atoms with Crippen LogP contribution in [0.2, 0.25) is 0 Å². The SMILES string of the molecule is Cc1ccccc1-c1n(-c2c(C(C)C)cccc2C(C)C)cc[n+]1C.Cc1ccccc1N1c2ccccc2N(c2ccccc2)[C@H]1C.Cc1ccccc1N1c2cccnc2N(c2ccccc2)[C@H]1C.Cc1ccccc1N1c2ncccc2N(c2ccccc2)[C@H]1C.Cc1ccccc1N1c2nccnc2N(c2ccccc2)[C@H]1C. The first-order chi connectivity index (χ1) is 57.0. The van der Waals surface area contributed by atoms with Crippen molar-refractivity contribution in [3.8, 4) is 17.1 Å². The van der Waals surface area contributed by atoms with E-state index in [4.69, 9.17) is 0 Å². The van der Waals surface area contributed by atoms with E-state index in [1.54, 1.807) is 12.4 Å². The summed E-state index contributed by atoms with van der Waals surface area (Å²) in [5.74, 6) is 6.01. The fourth-order valence-electron chi connectivity index (χ4n) is 17.0. The molecule has 15 aromatic rings. The van der Waals surface area contributed by atoms with Gasteiger partial charge in [0.1, 0.15) is 42.7 Å². The van der Waals surface area contributed by atoms with Gasteiger partial charge in [-0.25, -0.2) is 24.5 Å². The molecule has 0 unspecified atom stereocenters. The maximum Gasteiger partial charge on any atom is 0.294 e. The van der Waals surface area contributed by atoms with Gasteiger partial charge >= 0.3 is 0 Å². The highest BCUT2D eigenvalue weighted by atomic mass is 15.5. The van der Waals surface area contributed by atoms with Crippen LogP contribution in [0.3, 0.4) is 0 Å². The van der Waals surface area contributed by atoms with Gasteiger partial charge in [-0.3, -0.25) is 0 Å². The smallest absolute Gasteiger partial charge is 0.294 e. The molecule has 4 aliphatic heterocycles. The molecule has 0 saturated heterocycles. The summed E-state index contributed by atoms with van der Waals surface area (Å²) >= 11 is 0. The Morgan fingerprint density at radius 1 is 0.265 bits per heavy atom. The van der Waals surface area contributed by atoms with E-state index in [0.717, 1.165) is 46.0 Å². The Kier molecular flexibility index (Phi) is 23.6. The number of pyridine rings is 2. The van der Waals surface area contributed by atoms with Crippen molar-refractivity contribution in [1.82, 2.24) is 24.5 Å². The molecule has 0 N–H and O–H groups in total. The predicted molar refractivity (Wildman–Crippen MR) is 488 cm³/mol. The third-order valence-electron chi connectivity index (χ3n) is 22.6. The summed E-state index contributed by atoms with van der Waals surface area (Å²) in [7, 11) is 2.13. The Morgan fingerprint density at radius 2 is 0.556 bits per heavy atom. The Balaban J connectivity index is 0.000000115. The van der Waals surface area contributed by atoms with Crippen LogP contribution >= 0.6 is 0 Å². The van der Waals surface area contributed by atoms with Crippen molar-refractivity contribution in [3.05, 3.63) is 386 Å². The molecule has 586 valence electrons. The maximum absolute atomic E-state index is 4.67. The average molecular weight is 1540 g/mol. The lowest BCUT2D eigenvalue weighted by Crippen LogP contribution is -2.35. The predicted octanol–water partition coefficient (Wildman–Crippen LogP) is 25.6. The summed E-state index contributed by atoms with van der Waals surface area (Å²) in [6, 6.07) is 108. The lowest BCUT2D eigenvalue weighted by Gasteiger charge is -2.31. The van der Waals surface area contributed by atoms with Crippen LogP contribution in [0.1, 0.15) is 106 Å². The van der Waals surface area contributed by atoms with Gasteiger partial charge in [-0.15, -0.1) is 0 Å². The quantitative estimate of drug-likeness (QED) is 0.109. The van der Waals surface area contributed by atoms with Crippen LogP contribution in [-0.4, -0.2) is 49.2 Å². The topological polar surface area (TPSA) is 86.3 Å². The molecule has 4 aliphatic rings. The summed E-state index contributed by atoms with van der Waals surface area (Å²) in [5.41, 5.74) is 26.2. The number of imidazole rings is 1. The lowest BCUT2D eigenvalue weighted by atomic mass is 9.92. The van der Waals surface area contributed by atoms with Gasteiger partial charge in [-0.05, 0) is 217 Å². The molecular formula is C103H105N14+. The zero-order valence-electron chi connectivity index (χ0n) is 69.6. The van der Waals surface area contributed by atoms with Crippen molar-refractivity contribution in [3.63, 3.8) is 0 Å². The summed E-state index contributed by atoms with van der Waals surface area (Å²) in [6.45, 7) is 28.8. The van der Waals surface area contributed by atoms with Crippen LogP contribution in [0.15, 0.2) is 347 Å². The molecule has 19 rings (SSSR count). The molecule has 0 aliphatic carbocycles. The van der Waals surface area contributed by atoms with E-state index < -0.39 is 0 Å². The average Bonchev–Trinajstić information content (AvgIpc) is 1.59. The molecule has 4 aromatic heterocycles. The molecule has 0 saturated carbocycles. The first kappa shape index (κ1) is 78.7. The molecule has 11 aromatic carbocycles. The van der Waals surface area contributed by atoms with Gasteiger partial charge in [-0.2, -0.15) is 4.57 Å². The fourth-order valence-corrected chi connectivity index (χ4v) is 17.0. The monoisotopic (exact) mass is 1540 g/mol. The molecule has 14 heteroatoms. The van der Waals surface area contributed by atoms with Gasteiger partial charge in [0.05, 0.1) is 35.4 Å².